The molecule has 0 saturated carbocycles. The third kappa shape index (κ3) is 6.06. The lowest BCUT2D eigenvalue weighted by Crippen LogP contribution is -2.41. The van der Waals surface area contributed by atoms with Gasteiger partial charge in [-0.2, -0.15) is 0 Å². The number of amides is 1. The second kappa shape index (κ2) is 5.70. The number of hydrogen-bond acceptors (Lipinski definition) is 4. The van der Waals surface area contributed by atoms with Crippen LogP contribution in [0.1, 0.15) is 27.2 Å². The highest BCUT2D eigenvalue weighted by Gasteiger charge is 2.23. The Labute approximate surface area is 90.4 Å². The number of methoxy groups -OCH3 is 1. The van der Waals surface area contributed by atoms with E-state index in [0.29, 0.717) is 0 Å². The Bertz CT molecular complexity index is 233. The van der Waals surface area contributed by atoms with Crippen LogP contribution in [-0.4, -0.2) is 31.6 Å². The summed E-state index contributed by atoms with van der Waals surface area (Å²) in [5, 5.41) is 2.44. The summed E-state index contributed by atoms with van der Waals surface area (Å²) in [6.45, 7) is 5.79. The molecule has 5 heteroatoms. The van der Waals surface area contributed by atoms with Gasteiger partial charge in [-0.05, 0) is 5.41 Å². The van der Waals surface area contributed by atoms with Crippen molar-refractivity contribution in [3.63, 3.8) is 0 Å². The molecule has 0 fully saturated rings. The molecule has 1 atom stereocenters. The van der Waals surface area contributed by atoms with Crippen LogP contribution in [-0.2, 0) is 14.3 Å². The van der Waals surface area contributed by atoms with Crippen molar-refractivity contribution in [1.82, 2.24) is 5.32 Å². The van der Waals surface area contributed by atoms with E-state index in [4.69, 9.17) is 5.73 Å². The molecule has 5 nitrogen and oxygen atoms in total. The molecule has 3 N–H and O–H groups in total. The van der Waals surface area contributed by atoms with Gasteiger partial charge in [0.05, 0.1) is 7.11 Å². The SMILES string of the molecule is COC(=O)CNC(=O)CC(N)C(C)(C)C. The van der Waals surface area contributed by atoms with E-state index in [9.17, 15) is 9.59 Å². The average molecular weight is 216 g/mol. The molecule has 0 aromatic heterocycles. The van der Waals surface area contributed by atoms with Crippen LogP contribution in [0, 0.1) is 5.41 Å². The van der Waals surface area contributed by atoms with Gasteiger partial charge in [0.1, 0.15) is 6.54 Å². The van der Waals surface area contributed by atoms with Gasteiger partial charge in [-0.1, -0.05) is 20.8 Å². The number of carbonyl (C=O) groups is 2. The van der Waals surface area contributed by atoms with E-state index in [-0.39, 0.29) is 30.3 Å². The first-order chi connectivity index (χ1) is 6.77. The maximum Gasteiger partial charge on any atom is 0.325 e. The third-order valence-electron chi connectivity index (χ3n) is 2.18. The predicted molar refractivity (Wildman–Crippen MR) is 57.1 cm³/mol. The highest BCUT2D eigenvalue weighted by molar-refractivity contribution is 5.82. The maximum absolute atomic E-state index is 11.3. The summed E-state index contributed by atoms with van der Waals surface area (Å²) in [4.78, 5) is 22.1. The van der Waals surface area contributed by atoms with E-state index in [1.54, 1.807) is 0 Å². The molecule has 0 aliphatic heterocycles. The van der Waals surface area contributed by atoms with Gasteiger partial charge in [0.2, 0.25) is 5.91 Å². The zero-order valence-corrected chi connectivity index (χ0v) is 9.79. The lowest BCUT2D eigenvalue weighted by Gasteiger charge is -2.26. The molecule has 0 spiro atoms. The highest BCUT2D eigenvalue weighted by Crippen LogP contribution is 2.19. The molecule has 0 bridgehead atoms. The van der Waals surface area contributed by atoms with Gasteiger partial charge < -0.3 is 15.8 Å². The van der Waals surface area contributed by atoms with Crippen LogP contribution in [0.4, 0.5) is 0 Å². The molecule has 1 unspecified atom stereocenters. The molecular formula is C10H20N2O3. The molecular weight excluding hydrogens is 196 g/mol. The molecule has 15 heavy (non-hydrogen) atoms. The Morgan fingerprint density at radius 3 is 2.33 bits per heavy atom. The summed E-state index contributed by atoms with van der Waals surface area (Å²) < 4.78 is 4.39. The minimum Gasteiger partial charge on any atom is -0.468 e. The first-order valence-corrected chi connectivity index (χ1v) is 4.86. The van der Waals surface area contributed by atoms with Crippen LogP contribution < -0.4 is 11.1 Å². The fraction of sp³-hybridized carbons (Fsp3) is 0.800. The number of ether oxygens (including phenoxy) is 1. The van der Waals surface area contributed by atoms with E-state index in [1.807, 2.05) is 20.8 Å². The smallest absolute Gasteiger partial charge is 0.325 e. The van der Waals surface area contributed by atoms with E-state index in [1.165, 1.54) is 7.11 Å². The fourth-order valence-electron chi connectivity index (χ4n) is 0.821. The first kappa shape index (κ1) is 13.9. The number of nitrogens with two attached hydrogens (primary N) is 1. The second-order valence-electron chi connectivity index (χ2n) is 4.53. The molecule has 0 aliphatic carbocycles. The third-order valence-corrected chi connectivity index (χ3v) is 2.18. The summed E-state index contributed by atoms with van der Waals surface area (Å²) in [5.41, 5.74) is 5.69. The van der Waals surface area contributed by atoms with Crippen LogP contribution in [0.2, 0.25) is 0 Å². The first-order valence-electron chi connectivity index (χ1n) is 4.86. The van der Waals surface area contributed by atoms with Crippen LogP contribution in [0.15, 0.2) is 0 Å². The minimum absolute atomic E-state index is 0.105. The second-order valence-corrected chi connectivity index (χ2v) is 4.53. The molecule has 0 aliphatic rings. The van der Waals surface area contributed by atoms with Crippen molar-refractivity contribution in [2.45, 2.75) is 33.2 Å². The largest absolute Gasteiger partial charge is 0.468 e. The zero-order chi connectivity index (χ0) is 12.1. The summed E-state index contributed by atoms with van der Waals surface area (Å²) in [6, 6.07) is -0.227. The number of carbonyl (C=O) groups excluding carboxylic acids is 2. The average Bonchev–Trinajstić information content (AvgIpc) is 2.12. The summed E-state index contributed by atoms with van der Waals surface area (Å²) >= 11 is 0. The Morgan fingerprint density at radius 1 is 1.40 bits per heavy atom. The lowest BCUT2D eigenvalue weighted by atomic mass is 9.85. The monoisotopic (exact) mass is 216 g/mol. The van der Waals surface area contributed by atoms with Crippen LogP contribution in [0.5, 0.6) is 0 Å². The Kier molecular flexibility index (Phi) is 5.28. The molecule has 0 saturated heterocycles. The van der Waals surface area contributed by atoms with Gasteiger partial charge >= 0.3 is 5.97 Å². The van der Waals surface area contributed by atoms with E-state index >= 15 is 0 Å². The molecule has 0 aromatic rings. The zero-order valence-electron chi connectivity index (χ0n) is 9.79. The van der Waals surface area contributed by atoms with Crippen molar-refractivity contribution in [2.75, 3.05) is 13.7 Å². The molecule has 0 heterocycles. The van der Waals surface area contributed by atoms with Crippen LogP contribution in [0.3, 0.4) is 0 Å². The van der Waals surface area contributed by atoms with Gasteiger partial charge in [-0.3, -0.25) is 9.59 Å². The standard InChI is InChI=1S/C10H20N2O3/c1-10(2,3)7(11)5-8(13)12-6-9(14)15-4/h7H,5-6,11H2,1-4H3,(H,12,13). The summed E-state index contributed by atoms with van der Waals surface area (Å²) in [6.07, 6.45) is 0.209. The van der Waals surface area contributed by atoms with E-state index < -0.39 is 5.97 Å². The van der Waals surface area contributed by atoms with Gasteiger partial charge in [0.15, 0.2) is 0 Å². The normalized spacial score (nSPS) is 13.1. The fourth-order valence-corrected chi connectivity index (χ4v) is 0.821. The lowest BCUT2D eigenvalue weighted by molar-refractivity contribution is -0.141. The van der Waals surface area contributed by atoms with Crippen LogP contribution in [0.25, 0.3) is 0 Å². The molecule has 0 aromatic carbocycles. The number of rotatable bonds is 4. The van der Waals surface area contributed by atoms with Gasteiger partial charge in [0.25, 0.3) is 0 Å². The van der Waals surface area contributed by atoms with Crippen molar-refractivity contribution in [3.05, 3.63) is 0 Å². The summed E-state index contributed by atoms with van der Waals surface area (Å²) in [7, 11) is 1.27. The van der Waals surface area contributed by atoms with Crippen molar-refractivity contribution in [2.24, 2.45) is 11.1 Å². The highest BCUT2D eigenvalue weighted by atomic mass is 16.5. The molecule has 88 valence electrons. The van der Waals surface area contributed by atoms with Crippen molar-refractivity contribution < 1.29 is 14.3 Å². The Morgan fingerprint density at radius 2 is 1.93 bits per heavy atom. The number of esters is 1. The van der Waals surface area contributed by atoms with Gasteiger partial charge in [-0.25, -0.2) is 0 Å². The van der Waals surface area contributed by atoms with Crippen molar-refractivity contribution in [1.29, 1.82) is 0 Å². The maximum atomic E-state index is 11.3. The van der Waals surface area contributed by atoms with Crippen LogP contribution >= 0.6 is 0 Å². The number of nitrogens with one attached hydrogen (secondary N) is 1. The minimum atomic E-state index is -0.465. The molecule has 1 amide bonds. The van der Waals surface area contributed by atoms with E-state index in [2.05, 4.69) is 10.1 Å². The molecule has 0 radical (unpaired) electrons. The predicted octanol–water partition coefficient (Wildman–Crippen LogP) is 0.0391. The number of hydrogen-bond donors (Lipinski definition) is 2. The van der Waals surface area contributed by atoms with E-state index in [0.717, 1.165) is 0 Å². The Hall–Kier alpha value is -1.10. The summed E-state index contributed by atoms with van der Waals surface area (Å²) in [5.74, 6) is -0.699. The molecule has 0 rings (SSSR count). The quantitative estimate of drug-likeness (QED) is 0.650. The van der Waals surface area contributed by atoms with Crippen molar-refractivity contribution >= 4 is 11.9 Å². The van der Waals surface area contributed by atoms with Gasteiger partial charge in [-0.15, -0.1) is 0 Å². The van der Waals surface area contributed by atoms with Crippen molar-refractivity contribution in [3.8, 4) is 0 Å². The van der Waals surface area contributed by atoms with Gasteiger partial charge in [0, 0.05) is 12.5 Å². The Balaban J connectivity index is 3.90. The topological polar surface area (TPSA) is 81.4 Å².